The first kappa shape index (κ1) is 16.5. The number of aliphatic hydroxyl groups is 1. The van der Waals surface area contributed by atoms with Crippen LogP contribution in [0.4, 0.5) is 0 Å². The van der Waals surface area contributed by atoms with Crippen molar-refractivity contribution in [2.75, 3.05) is 0 Å². The summed E-state index contributed by atoms with van der Waals surface area (Å²) in [5.41, 5.74) is 2.90. The third kappa shape index (κ3) is 4.54. The molecule has 0 radical (unpaired) electrons. The fraction of sp³-hybridized carbons (Fsp3) is 0.188. The number of rotatable bonds is 5. The van der Waals surface area contributed by atoms with Crippen molar-refractivity contribution in [2.45, 2.75) is 18.9 Å². The Kier molecular flexibility index (Phi) is 6.54. The Balaban J connectivity index is 0.00000200. The molecule has 0 heterocycles. The van der Waals surface area contributed by atoms with E-state index in [1.807, 2.05) is 54.6 Å². The number of carbonyl (C=O) groups is 1. The Morgan fingerprint density at radius 3 is 2.10 bits per heavy atom. The third-order valence-electron chi connectivity index (χ3n) is 3.02. The summed E-state index contributed by atoms with van der Waals surface area (Å²) in [7, 11) is 0. The van der Waals surface area contributed by atoms with E-state index in [4.69, 9.17) is 0 Å². The summed E-state index contributed by atoms with van der Waals surface area (Å²) in [5.74, 6) is -1.14. The van der Waals surface area contributed by atoms with E-state index in [0.29, 0.717) is 0 Å². The summed E-state index contributed by atoms with van der Waals surface area (Å²) in [5, 5.41) is 20.2. The number of carboxylic acid groups (broad SMARTS) is 1. The largest absolute Gasteiger partial charge is 1.00 e. The molecule has 3 nitrogen and oxygen atoms in total. The molecule has 1 atom stereocenters. The molecule has 2 rings (SSSR count). The normalized spacial score (nSPS) is 11.4. The van der Waals surface area contributed by atoms with Crippen molar-refractivity contribution in [2.24, 2.45) is 0 Å². The van der Waals surface area contributed by atoms with Crippen molar-refractivity contribution in [3.63, 3.8) is 0 Å². The van der Waals surface area contributed by atoms with Crippen molar-refractivity contribution in [3.05, 3.63) is 60.2 Å². The molecule has 0 spiro atoms. The molecular weight excluding hydrogens is 247 g/mol. The summed E-state index contributed by atoms with van der Waals surface area (Å²) in [6, 6.07) is 17.4. The van der Waals surface area contributed by atoms with Crippen LogP contribution in [0.3, 0.4) is 0 Å². The first-order valence-corrected chi connectivity index (χ1v) is 6.20. The van der Waals surface area contributed by atoms with Crippen molar-refractivity contribution in [1.29, 1.82) is 0 Å². The Bertz CT molecular complexity index is 537. The van der Waals surface area contributed by atoms with E-state index in [1.165, 1.54) is 0 Å². The maximum Gasteiger partial charge on any atom is 1.00 e. The molecule has 0 bridgehead atoms. The molecular formula is C16H15LiO3. The summed E-state index contributed by atoms with van der Waals surface area (Å²) >= 11 is 0. The number of aliphatic hydroxyl groups excluding tert-OH is 1. The Morgan fingerprint density at radius 1 is 1.00 bits per heavy atom. The molecule has 0 amide bonds. The van der Waals surface area contributed by atoms with E-state index in [2.05, 4.69) is 0 Å². The van der Waals surface area contributed by atoms with Gasteiger partial charge in [0.15, 0.2) is 0 Å². The molecule has 1 unspecified atom stereocenters. The molecule has 0 fully saturated rings. The van der Waals surface area contributed by atoms with Crippen LogP contribution >= 0.6 is 0 Å². The molecule has 0 aliphatic heterocycles. The summed E-state index contributed by atoms with van der Waals surface area (Å²) in [6.07, 6.45) is -0.725. The van der Waals surface area contributed by atoms with Crippen LogP contribution in [-0.2, 0) is 4.79 Å². The first-order chi connectivity index (χ1) is 9.16. The zero-order valence-corrected chi connectivity index (χ0v) is 11.5. The van der Waals surface area contributed by atoms with Crippen molar-refractivity contribution < 1.29 is 33.9 Å². The second kappa shape index (κ2) is 7.91. The summed E-state index contributed by atoms with van der Waals surface area (Å²) < 4.78 is 0. The minimum Gasteiger partial charge on any atom is -0.550 e. The molecule has 0 aliphatic carbocycles. The van der Waals surface area contributed by atoms with Crippen molar-refractivity contribution in [3.8, 4) is 11.1 Å². The van der Waals surface area contributed by atoms with E-state index in [-0.39, 0.29) is 31.7 Å². The predicted octanol–water partition coefficient (Wildman–Crippen LogP) is -1.08. The van der Waals surface area contributed by atoms with Crippen molar-refractivity contribution in [1.82, 2.24) is 0 Å². The molecule has 0 saturated carbocycles. The smallest absolute Gasteiger partial charge is 0.550 e. The third-order valence-corrected chi connectivity index (χ3v) is 3.02. The van der Waals surface area contributed by atoms with Gasteiger partial charge in [-0.1, -0.05) is 54.6 Å². The molecule has 20 heavy (non-hydrogen) atoms. The van der Waals surface area contributed by atoms with E-state index in [0.717, 1.165) is 16.7 Å². The SMILES string of the molecule is O=C([O-])CCC(O)c1ccc(-c2ccccc2)cc1.[Li+]. The van der Waals surface area contributed by atoms with Gasteiger partial charge < -0.3 is 15.0 Å². The molecule has 0 aromatic heterocycles. The van der Waals surface area contributed by atoms with Gasteiger partial charge in [0.2, 0.25) is 0 Å². The van der Waals surface area contributed by atoms with Gasteiger partial charge >= 0.3 is 18.9 Å². The van der Waals surface area contributed by atoms with E-state index in [9.17, 15) is 15.0 Å². The second-order valence-corrected chi connectivity index (χ2v) is 4.41. The number of hydrogen-bond acceptors (Lipinski definition) is 3. The Hall–Kier alpha value is -1.53. The van der Waals surface area contributed by atoms with Crippen molar-refractivity contribution >= 4 is 5.97 Å². The summed E-state index contributed by atoms with van der Waals surface area (Å²) in [6.45, 7) is 0. The van der Waals surface area contributed by atoms with Gasteiger partial charge in [-0.2, -0.15) is 0 Å². The van der Waals surface area contributed by atoms with Crippen LogP contribution in [0.2, 0.25) is 0 Å². The molecule has 98 valence electrons. The monoisotopic (exact) mass is 262 g/mol. The van der Waals surface area contributed by atoms with E-state index < -0.39 is 12.1 Å². The molecule has 0 saturated heterocycles. The molecule has 2 aromatic rings. The van der Waals surface area contributed by atoms with Gasteiger partial charge in [0, 0.05) is 5.97 Å². The van der Waals surface area contributed by atoms with Gasteiger partial charge in [0.1, 0.15) is 0 Å². The average Bonchev–Trinajstić information content (AvgIpc) is 2.46. The Labute approximate surface area is 130 Å². The summed E-state index contributed by atoms with van der Waals surface area (Å²) in [4.78, 5) is 10.4. The molecule has 4 heteroatoms. The van der Waals surface area contributed by atoms with Crippen LogP contribution in [0, 0.1) is 0 Å². The van der Waals surface area contributed by atoms with Crippen LogP contribution < -0.4 is 24.0 Å². The van der Waals surface area contributed by atoms with E-state index >= 15 is 0 Å². The zero-order chi connectivity index (χ0) is 13.7. The topological polar surface area (TPSA) is 60.4 Å². The predicted molar refractivity (Wildman–Crippen MR) is 71.1 cm³/mol. The minimum absolute atomic E-state index is 0. The number of hydrogen-bond donors (Lipinski definition) is 1. The number of aliphatic carboxylic acids is 1. The van der Waals surface area contributed by atoms with Gasteiger partial charge in [0.05, 0.1) is 6.10 Å². The van der Waals surface area contributed by atoms with Crippen LogP contribution in [-0.4, -0.2) is 11.1 Å². The maximum absolute atomic E-state index is 10.4. The van der Waals surface area contributed by atoms with E-state index in [1.54, 1.807) is 0 Å². The minimum atomic E-state index is -1.14. The quantitative estimate of drug-likeness (QED) is 0.697. The fourth-order valence-corrected chi connectivity index (χ4v) is 1.95. The second-order valence-electron chi connectivity index (χ2n) is 4.41. The van der Waals surface area contributed by atoms with Crippen LogP contribution in [0.25, 0.3) is 11.1 Å². The fourth-order valence-electron chi connectivity index (χ4n) is 1.95. The van der Waals surface area contributed by atoms with Gasteiger partial charge in [0.25, 0.3) is 0 Å². The van der Waals surface area contributed by atoms with Gasteiger partial charge in [-0.25, -0.2) is 0 Å². The van der Waals surface area contributed by atoms with Crippen LogP contribution in [0.15, 0.2) is 54.6 Å². The molecule has 2 aromatic carbocycles. The standard InChI is InChI=1S/C16H16O3.Li/c17-15(10-11-16(18)19)14-8-6-13(7-9-14)12-4-2-1-3-5-12;/h1-9,15,17H,10-11H2,(H,18,19);/q;+1/p-1. The first-order valence-electron chi connectivity index (χ1n) is 6.20. The van der Waals surface area contributed by atoms with Crippen LogP contribution in [0.1, 0.15) is 24.5 Å². The number of benzene rings is 2. The van der Waals surface area contributed by atoms with Gasteiger partial charge in [-0.15, -0.1) is 0 Å². The average molecular weight is 262 g/mol. The van der Waals surface area contributed by atoms with Gasteiger partial charge in [-0.05, 0) is 29.5 Å². The van der Waals surface area contributed by atoms with Crippen LogP contribution in [0.5, 0.6) is 0 Å². The molecule has 1 N–H and O–H groups in total. The molecule has 0 aliphatic rings. The number of carbonyl (C=O) groups excluding carboxylic acids is 1. The zero-order valence-electron chi connectivity index (χ0n) is 11.5. The Morgan fingerprint density at radius 2 is 1.55 bits per heavy atom. The maximum atomic E-state index is 10.4. The van der Waals surface area contributed by atoms with Gasteiger partial charge in [-0.3, -0.25) is 0 Å². The number of carboxylic acids is 1.